The monoisotopic (exact) mass is 504 g/mol. The number of halogens is 1. The molecule has 0 saturated heterocycles. The van der Waals surface area contributed by atoms with Crippen LogP contribution < -0.4 is 5.43 Å². The first kappa shape index (κ1) is 24.6. The van der Waals surface area contributed by atoms with Crippen LogP contribution in [0.2, 0.25) is 5.02 Å². The zero-order valence-electron chi connectivity index (χ0n) is 19.6. The largest absolute Gasteiger partial charge is 0.272 e. The Morgan fingerprint density at radius 1 is 1.03 bits per heavy atom. The zero-order valence-corrected chi connectivity index (χ0v) is 21.2. The normalized spacial score (nSPS) is 11.7. The van der Waals surface area contributed by atoms with Crippen molar-refractivity contribution in [2.45, 2.75) is 31.3 Å². The molecule has 2 heterocycles. The second-order valence-corrected chi connectivity index (χ2v) is 10.2. The van der Waals surface area contributed by atoms with Crippen LogP contribution in [0.25, 0.3) is 17.1 Å². The minimum Gasteiger partial charge on any atom is -0.272 e. The average Bonchev–Trinajstić information content (AvgIpc) is 3.27. The quantitative estimate of drug-likeness (QED) is 0.203. The molecule has 7 nitrogen and oxygen atoms in total. The fraction of sp³-hybridized carbons (Fsp3) is 0.192. The van der Waals surface area contributed by atoms with Crippen LogP contribution in [0, 0.1) is 0 Å². The van der Waals surface area contributed by atoms with E-state index in [-0.39, 0.29) is 17.1 Å². The highest BCUT2D eigenvalue weighted by Gasteiger charge is 2.17. The van der Waals surface area contributed by atoms with Crippen LogP contribution in [0.15, 0.2) is 83.3 Å². The summed E-state index contributed by atoms with van der Waals surface area (Å²) in [5.74, 6) is 0.533. The van der Waals surface area contributed by atoms with Gasteiger partial charge >= 0.3 is 0 Å². The smallest absolute Gasteiger partial charge is 0.250 e. The van der Waals surface area contributed by atoms with Gasteiger partial charge in [0.25, 0.3) is 5.91 Å². The standard InChI is InChI=1S/C26H25ClN6OS/c1-26(2,3)20-6-4-18(5-7-20)16-29-30-23(34)17-35-25-32-31-24(19-12-14-28-15-13-19)33(25)22-10-8-21(27)9-11-22/h4-16H,17H2,1-3H3,(H,30,34)/b29-16-. The van der Waals surface area contributed by atoms with Crippen LogP contribution in [0.3, 0.4) is 0 Å². The van der Waals surface area contributed by atoms with Crippen molar-refractivity contribution in [3.05, 3.63) is 89.2 Å². The molecule has 178 valence electrons. The summed E-state index contributed by atoms with van der Waals surface area (Å²) in [6.45, 7) is 6.51. The molecule has 0 bridgehead atoms. The number of aromatic nitrogens is 4. The number of benzene rings is 2. The van der Waals surface area contributed by atoms with Crippen LogP contribution in [0.4, 0.5) is 0 Å². The second-order valence-electron chi connectivity index (χ2n) is 8.81. The third-order valence-electron chi connectivity index (χ3n) is 5.17. The van der Waals surface area contributed by atoms with E-state index in [9.17, 15) is 4.79 Å². The van der Waals surface area contributed by atoms with Crippen molar-refractivity contribution >= 4 is 35.5 Å². The summed E-state index contributed by atoms with van der Waals surface area (Å²) < 4.78 is 1.89. The highest BCUT2D eigenvalue weighted by atomic mass is 35.5. The van der Waals surface area contributed by atoms with Crippen LogP contribution in [0.1, 0.15) is 31.9 Å². The van der Waals surface area contributed by atoms with Crippen molar-refractivity contribution in [2.24, 2.45) is 5.10 Å². The molecule has 1 N–H and O–H groups in total. The number of thioether (sulfide) groups is 1. The molecule has 9 heteroatoms. The Labute approximate surface area is 213 Å². The highest BCUT2D eigenvalue weighted by Crippen LogP contribution is 2.28. The van der Waals surface area contributed by atoms with Crippen molar-refractivity contribution in [3.8, 4) is 17.1 Å². The zero-order chi connectivity index (χ0) is 24.8. The molecule has 1 amide bonds. The van der Waals surface area contributed by atoms with E-state index >= 15 is 0 Å². The average molecular weight is 505 g/mol. The van der Waals surface area contributed by atoms with E-state index in [1.165, 1.54) is 17.3 Å². The number of hydrogen-bond donors (Lipinski definition) is 1. The Balaban J connectivity index is 1.44. The van der Waals surface area contributed by atoms with E-state index in [0.29, 0.717) is 16.0 Å². The van der Waals surface area contributed by atoms with Crippen molar-refractivity contribution in [2.75, 3.05) is 5.75 Å². The summed E-state index contributed by atoms with van der Waals surface area (Å²) in [4.78, 5) is 16.5. The van der Waals surface area contributed by atoms with Crippen molar-refractivity contribution in [3.63, 3.8) is 0 Å². The summed E-state index contributed by atoms with van der Waals surface area (Å²) in [6.07, 6.45) is 5.03. The SMILES string of the molecule is CC(C)(C)c1ccc(/C=N\NC(=O)CSc2nnc(-c3ccncc3)n2-c2ccc(Cl)cc2)cc1. The molecule has 0 unspecified atom stereocenters. The lowest BCUT2D eigenvalue weighted by Gasteiger charge is -2.18. The Morgan fingerprint density at radius 3 is 2.37 bits per heavy atom. The van der Waals surface area contributed by atoms with Crippen molar-refractivity contribution in [1.29, 1.82) is 0 Å². The lowest BCUT2D eigenvalue weighted by molar-refractivity contribution is -0.118. The molecular formula is C26H25ClN6OS. The number of nitrogens with one attached hydrogen (secondary N) is 1. The molecule has 0 aliphatic heterocycles. The molecule has 0 radical (unpaired) electrons. The van der Waals surface area contributed by atoms with E-state index in [1.807, 2.05) is 41.0 Å². The maximum absolute atomic E-state index is 12.4. The predicted octanol–water partition coefficient (Wildman–Crippen LogP) is 5.52. The van der Waals surface area contributed by atoms with E-state index in [1.54, 1.807) is 30.7 Å². The van der Waals surface area contributed by atoms with Gasteiger partial charge in [0.05, 0.1) is 12.0 Å². The second kappa shape index (κ2) is 10.8. The van der Waals surface area contributed by atoms with Gasteiger partial charge in [-0.2, -0.15) is 5.10 Å². The molecule has 2 aromatic carbocycles. The van der Waals surface area contributed by atoms with E-state index < -0.39 is 0 Å². The number of carbonyl (C=O) groups is 1. The minimum absolute atomic E-state index is 0.0882. The van der Waals surface area contributed by atoms with Crippen LogP contribution in [0.5, 0.6) is 0 Å². The number of carbonyl (C=O) groups excluding carboxylic acids is 1. The fourth-order valence-electron chi connectivity index (χ4n) is 3.28. The van der Waals surface area contributed by atoms with E-state index in [2.05, 4.69) is 58.6 Å². The van der Waals surface area contributed by atoms with Gasteiger partial charge in [0.15, 0.2) is 11.0 Å². The van der Waals surface area contributed by atoms with E-state index in [4.69, 9.17) is 11.6 Å². The Hall–Kier alpha value is -3.49. The molecule has 0 saturated carbocycles. The molecule has 0 aliphatic rings. The minimum atomic E-state index is -0.242. The maximum Gasteiger partial charge on any atom is 0.250 e. The van der Waals surface area contributed by atoms with E-state index in [0.717, 1.165) is 16.8 Å². The van der Waals surface area contributed by atoms with Gasteiger partial charge in [-0.3, -0.25) is 14.3 Å². The van der Waals surface area contributed by atoms with Gasteiger partial charge in [0.2, 0.25) is 0 Å². The molecule has 0 atom stereocenters. The number of nitrogens with zero attached hydrogens (tertiary/aromatic N) is 5. The topological polar surface area (TPSA) is 85.1 Å². The number of rotatable bonds is 7. The van der Waals surface area contributed by atoms with Crippen LogP contribution in [-0.4, -0.2) is 37.6 Å². The number of hydrogen-bond acceptors (Lipinski definition) is 6. The lowest BCUT2D eigenvalue weighted by atomic mass is 9.87. The maximum atomic E-state index is 12.4. The highest BCUT2D eigenvalue weighted by molar-refractivity contribution is 7.99. The Morgan fingerprint density at radius 2 is 1.71 bits per heavy atom. The van der Waals surface area contributed by atoms with Gasteiger partial charge in [0, 0.05) is 28.7 Å². The summed E-state index contributed by atoms with van der Waals surface area (Å²) in [5, 5.41) is 14.0. The molecule has 0 fully saturated rings. The predicted molar refractivity (Wildman–Crippen MR) is 141 cm³/mol. The lowest BCUT2D eigenvalue weighted by Crippen LogP contribution is -2.20. The Bertz CT molecular complexity index is 1310. The first-order valence-electron chi connectivity index (χ1n) is 11.0. The van der Waals surface area contributed by atoms with Gasteiger partial charge in [-0.25, -0.2) is 5.43 Å². The van der Waals surface area contributed by atoms with Crippen LogP contribution >= 0.6 is 23.4 Å². The first-order valence-corrected chi connectivity index (χ1v) is 12.3. The third-order valence-corrected chi connectivity index (χ3v) is 6.35. The van der Waals surface area contributed by atoms with Gasteiger partial charge in [0.1, 0.15) is 0 Å². The number of pyridine rings is 1. The van der Waals surface area contributed by atoms with Crippen molar-refractivity contribution in [1.82, 2.24) is 25.2 Å². The van der Waals surface area contributed by atoms with Gasteiger partial charge in [-0.05, 0) is 52.9 Å². The summed E-state index contributed by atoms with van der Waals surface area (Å²) in [5.41, 5.74) is 6.52. The Kier molecular flexibility index (Phi) is 7.63. The molecule has 4 aromatic rings. The van der Waals surface area contributed by atoms with Crippen molar-refractivity contribution < 1.29 is 4.79 Å². The van der Waals surface area contributed by atoms with Gasteiger partial charge < -0.3 is 0 Å². The molecule has 35 heavy (non-hydrogen) atoms. The summed E-state index contributed by atoms with van der Waals surface area (Å²) >= 11 is 7.35. The van der Waals surface area contributed by atoms with Crippen LogP contribution in [-0.2, 0) is 10.2 Å². The number of amides is 1. The fourth-order valence-corrected chi connectivity index (χ4v) is 4.15. The summed E-state index contributed by atoms with van der Waals surface area (Å²) in [7, 11) is 0. The third kappa shape index (κ3) is 6.35. The van der Waals surface area contributed by atoms with Gasteiger partial charge in [-0.1, -0.05) is 68.4 Å². The molecule has 4 rings (SSSR count). The molecule has 0 aliphatic carbocycles. The summed E-state index contributed by atoms with van der Waals surface area (Å²) in [6, 6.07) is 19.2. The van der Waals surface area contributed by atoms with Gasteiger partial charge in [-0.15, -0.1) is 10.2 Å². The molecule has 0 spiro atoms. The number of hydrazone groups is 1. The molecule has 2 aromatic heterocycles. The first-order chi connectivity index (χ1) is 16.8. The molecular weight excluding hydrogens is 480 g/mol.